The number of aromatic nitrogens is 2. The molecule has 2 rings (SSSR count). The summed E-state index contributed by atoms with van der Waals surface area (Å²) >= 11 is 0. The third-order valence-corrected chi connectivity index (χ3v) is 2.90. The fourth-order valence-electron chi connectivity index (χ4n) is 1.84. The maximum atomic E-state index is 4.24. The van der Waals surface area contributed by atoms with Crippen LogP contribution in [0.15, 0.2) is 30.6 Å². The van der Waals surface area contributed by atoms with Crippen molar-refractivity contribution in [3.8, 4) is 0 Å². The summed E-state index contributed by atoms with van der Waals surface area (Å²) in [6, 6.07) is 6.43. The molecule has 0 aliphatic rings. The summed E-state index contributed by atoms with van der Waals surface area (Å²) in [6.45, 7) is 7.28. The first-order valence-corrected chi connectivity index (χ1v) is 5.21. The molecule has 78 valence electrons. The molecule has 0 aliphatic carbocycles. The summed E-state index contributed by atoms with van der Waals surface area (Å²) in [5.41, 5.74) is 4.10. The van der Waals surface area contributed by atoms with Crippen molar-refractivity contribution in [2.45, 2.75) is 27.3 Å². The van der Waals surface area contributed by atoms with Crippen molar-refractivity contribution in [2.24, 2.45) is 0 Å². The van der Waals surface area contributed by atoms with Crippen molar-refractivity contribution in [3.63, 3.8) is 0 Å². The molecule has 2 heteroatoms. The van der Waals surface area contributed by atoms with Gasteiger partial charge >= 0.3 is 0 Å². The lowest BCUT2D eigenvalue weighted by molar-refractivity contribution is 0.753. The molecule has 0 aliphatic heterocycles. The molecule has 2 nitrogen and oxygen atoms in total. The molecule has 0 fully saturated rings. The second kappa shape index (κ2) is 3.89. The second-order valence-corrected chi connectivity index (χ2v) is 3.97. The summed E-state index contributed by atoms with van der Waals surface area (Å²) in [7, 11) is 0. The molecule has 1 aromatic heterocycles. The Morgan fingerprint density at radius 2 is 1.80 bits per heavy atom. The van der Waals surface area contributed by atoms with Gasteiger partial charge in [-0.15, -0.1) is 0 Å². The number of benzene rings is 1. The van der Waals surface area contributed by atoms with Crippen LogP contribution in [0, 0.1) is 20.8 Å². The van der Waals surface area contributed by atoms with E-state index in [1.807, 2.05) is 19.3 Å². The van der Waals surface area contributed by atoms with Crippen LogP contribution >= 0.6 is 0 Å². The monoisotopic (exact) mass is 200 g/mol. The molecule has 0 bridgehead atoms. The molecular formula is C13H16N2. The zero-order chi connectivity index (χ0) is 10.8. The summed E-state index contributed by atoms with van der Waals surface area (Å²) < 4.78 is 2.18. The molecule has 0 atom stereocenters. The zero-order valence-electron chi connectivity index (χ0n) is 9.49. The van der Waals surface area contributed by atoms with E-state index in [1.165, 1.54) is 16.7 Å². The van der Waals surface area contributed by atoms with E-state index >= 15 is 0 Å². The molecule has 0 saturated heterocycles. The van der Waals surface area contributed by atoms with E-state index in [0.29, 0.717) is 0 Å². The van der Waals surface area contributed by atoms with E-state index in [1.54, 1.807) is 0 Å². The van der Waals surface area contributed by atoms with Gasteiger partial charge in [0, 0.05) is 18.9 Å². The van der Waals surface area contributed by atoms with Gasteiger partial charge in [-0.3, -0.25) is 0 Å². The number of hydrogen-bond donors (Lipinski definition) is 0. The van der Waals surface area contributed by atoms with Crippen LogP contribution in [0.1, 0.15) is 22.5 Å². The van der Waals surface area contributed by atoms with E-state index in [2.05, 4.69) is 41.6 Å². The van der Waals surface area contributed by atoms with Gasteiger partial charge in [0.2, 0.25) is 0 Å². The van der Waals surface area contributed by atoms with Crippen molar-refractivity contribution in [1.82, 2.24) is 9.55 Å². The van der Waals surface area contributed by atoms with Gasteiger partial charge in [0.15, 0.2) is 0 Å². The van der Waals surface area contributed by atoms with Crippen LogP contribution in [-0.4, -0.2) is 9.55 Å². The lowest BCUT2D eigenvalue weighted by Gasteiger charge is -2.11. The van der Waals surface area contributed by atoms with Crippen LogP contribution in [0.2, 0.25) is 0 Å². The molecule has 1 heterocycles. The van der Waals surface area contributed by atoms with E-state index < -0.39 is 0 Å². The fourth-order valence-corrected chi connectivity index (χ4v) is 1.84. The first-order valence-electron chi connectivity index (χ1n) is 5.21. The van der Waals surface area contributed by atoms with Crippen LogP contribution in [-0.2, 0) is 6.54 Å². The lowest BCUT2D eigenvalue weighted by atomic mass is 10.0. The maximum Gasteiger partial charge on any atom is 0.105 e. The molecule has 0 amide bonds. The Hall–Kier alpha value is -1.57. The highest BCUT2D eigenvalue weighted by molar-refractivity contribution is 5.33. The van der Waals surface area contributed by atoms with Gasteiger partial charge in [0.1, 0.15) is 5.82 Å². The normalized spacial score (nSPS) is 10.6. The van der Waals surface area contributed by atoms with Crippen LogP contribution < -0.4 is 0 Å². The van der Waals surface area contributed by atoms with Crippen molar-refractivity contribution in [1.29, 1.82) is 0 Å². The van der Waals surface area contributed by atoms with Crippen molar-refractivity contribution >= 4 is 0 Å². The average Bonchev–Trinajstić information content (AvgIpc) is 2.58. The SMILES string of the molecule is Cc1cccc(C)c1Cn1ccnc1C. The summed E-state index contributed by atoms with van der Waals surface area (Å²) in [6.07, 6.45) is 3.88. The molecule has 0 saturated carbocycles. The van der Waals surface area contributed by atoms with Gasteiger partial charge in [-0.2, -0.15) is 0 Å². The van der Waals surface area contributed by atoms with Gasteiger partial charge in [-0.25, -0.2) is 4.98 Å². The average molecular weight is 200 g/mol. The number of imidazole rings is 1. The van der Waals surface area contributed by atoms with Crippen molar-refractivity contribution < 1.29 is 0 Å². The predicted molar refractivity (Wildman–Crippen MR) is 62.0 cm³/mol. The highest BCUT2D eigenvalue weighted by atomic mass is 15.0. The molecule has 0 radical (unpaired) electrons. The summed E-state index contributed by atoms with van der Waals surface area (Å²) in [5, 5.41) is 0. The van der Waals surface area contributed by atoms with Crippen molar-refractivity contribution in [3.05, 3.63) is 53.1 Å². The van der Waals surface area contributed by atoms with E-state index in [-0.39, 0.29) is 0 Å². The third kappa shape index (κ3) is 1.94. The highest BCUT2D eigenvalue weighted by Crippen LogP contribution is 2.15. The van der Waals surface area contributed by atoms with Gasteiger partial charge in [0.25, 0.3) is 0 Å². The number of rotatable bonds is 2. The van der Waals surface area contributed by atoms with Crippen LogP contribution in [0.3, 0.4) is 0 Å². The molecule has 2 aromatic rings. The third-order valence-electron chi connectivity index (χ3n) is 2.90. The van der Waals surface area contributed by atoms with Crippen LogP contribution in [0.5, 0.6) is 0 Å². The van der Waals surface area contributed by atoms with Crippen molar-refractivity contribution in [2.75, 3.05) is 0 Å². The van der Waals surface area contributed by atoms with Gasteiger partial charge in [-0.1, -0.05) is 18.2 Å². The minimum Gasteiger partial charge on any atom is -0.331 e. The predicted octanol–water partition coefficient (Wildman–Crippen LogP) is 2.86. The summed E-state index contributed by atoms with van der Waals surface area (Å²) in [4.78, 5) is 4.24. The standard InChI is InChI=1S/C13H16N2/c1-10-5-4-6-11(2)13(10)9-15-8-7-14-12(15)3/h4-8H,9H2,1-3H3. The highest BCUT2D eigenvalue weighted by Gasteiger charge is 2.04. The maximum absolute atomic E-state index is 4.24. The zero-order valence-corrected chi connectivity index (χ0v) is 9.49. The number of aryl methyl sites for hydroxylation is 3. The first-order chi connectivity index (χ1) is 7.18. The second-order valence-electron chi connectivity index (χ2n) is 3.97. The summed E-state index contributed by atoms with van der Waals surface area (Å²) in [5.74, 6) is 1.07. The molecular weight excluding hydrogens is 184 g/mol. The van der Waals surface area contributed by atoms with E-state index in [9.17, 15) is 0 Å². The van der Waals surface area contributed by atoms with E-state index in [0.717, 1.165) is 12.4 Å². The Balaban J connectivity index is 2.36. The molecule has 0 unspecified atom stereocenters. The van der Waals surface area contributed by atoms with Gasteiger partial charge < -0.3 is 4.57 Å². The minimum absolute atomic E-state index is 0.921. The largest absolute Gasteiger partial charge is 0.331 e. The molecule has 15 heavy (non-hydrogen) atoms. The Morgan fingerprint density at radius 3 is 2.33 bits per heavy atom. The number of nitrogens with zero attached hydrogens (tertiary/aromatic N) is 2. The molecule has 1 aromatic carbocycles. The molecule has 0 spiro atoms. The topological polar surface area (TPSA) is 17.8 Å². The van der Waals surface area contributed by atoms with Crippen LogP contribution in [0.25, 0.3) is 0 Å². The Bertz CT molecular complexity index is 449. The lowest BCUT2D eigenvalue weighted by Crippen LogP contribution is -2.04. The van der Waals surface area contributed by atoms with Gasteiger partial charge in [0.05, 0.1) is 0 Å². The first kappa shape index (κ1) is 9.97. The Morgan fingerprint density at radius 1 is 1.13 bits per heavy atom. The van der Waals surface area contributed by atoms with Crippen LogP contribution in [0.4, 0.5) is 0 Å². The Kier molecular flexibility index (Phi) is 2.58. The minimum atomic E-state index is 0.921. The fraction of sp³-hybridized carbons (Fsp3) is 0.308. The number of hydrogen-bond acceptors (Lipinski definition) is 1. The molecule has 0 N–H and O–H groups in total. The quantitative estimate of drug-likeness (QED) is 0.729. The van der Waals surface area contributed by atoms with E-state index in [4.69, 9.17) is 0 Å². The van der Waals surface area contributed by atoms with Gasteiger partial charge in [-0.05, 0) is 37.5 Å². The Labute approximate surface area is 90.6 Å². The smallest absolute Gasteiger partial charge is 0.105 e.